The standard InChI is InChI=1S/C13H20N2S2/c1-11-15(12(2)17-9-8-16-11)14-10-13-6-4-3-5-7-13/h3-7,11-12,14H,8-10H2,1-2H3. The number of rotatable bonds is 3. The molecule has 0 aliphatic carbocycles. The lowest BCUT2D eigenvalue weighted by Gasteiger charge is -2.31. The molecule has 0 radical (unpaired) electrons. The topological polar surface area (TPSA) is 15.3 Å². The third-order valence-corrected chi connectivity index (χ3v) is 5.45. The molecule has 2 atom stereocenters. The van der Waals surface area contributed by atoms with Crippen molar-refractivity contribution in [1.82, 2.24) is 10.4 Å². The Bertz CT molecular complexity index is 319. The second kappa shape index (κ2) is 6.69. The predicted octanol–water partition coefficient (Wildman–Crippen LogP) is 3.17. The van der Waals surface area contributed by atoms with Crippen LogP contribution in [0.4, 0.5) is 0 Å². The Morgan fingerprint density at radius 1 is 1.12 bits per heavy atom. The van der Waals surface area contributed by atoms with Gasteiger partial charge in [0.25, 0.3) is 0 Å². The van der Waals surface area contributed by atoms with E-state index in [-0.39, 0.29) is 0 Å². The van der Waals surface area contributed by atoms with Gasteiger partial charge in [0.2, 0.25) is 0 Å². The Morgan fingerprint density at radius 3 is 2.29 bits per heavy atom. The van der Waals surface area contributed by atoms with Crippen LogP contribution in [0.1, 0.15) is 19.4 Å². The molecular weight excluding hydrogens is 248 g/mol. The maximum Gasteiger partial charge on any atom is 0.0681 e. The van der Waals surface area contributed by atoms with Gasteiger partial charge >= 0.3 is 0 Å². The Morgan fingerprint density at radius 2 is 1.71 bits per heavy atom. The smallest absolute Gasteiger partial charge is 0.0681 e. The Hall–Kier alpha value is -0.160. The SMILES string of the molecule is CC1SCCSC(C)N1NCc1ccccc1. The zero-order valence-corrected chi connectivity index (χ0v) is 12.1. The van der Waals surface area contributed by atoms with Crippen molar-refractivity contribution in [1.29, 1.82) is 0 Å². The maximum atomic E-state index is 3.57. The van der Waals surface area contributed by atoms with Crippen molar-refractivity contribution in [2.45, 2.75) is 31.1 Å². The fraction of sp³-hybridized carbons (Fsp3) is 0.538. The molecular formula is C13H20N2S2. The fourth-order valence-corrected chi connectivity index (χ4v) is 4.29. The first kappa shape index (κ1) is 13.3. The Kier molecular flexibility index (Phi) is 5.22. The van der Waals surface area contributed by atoms with Crippen LogP contribution in [0.5, 0.6) is 0 Å². The van der Waals surface area contributed by atoms with Gasteiger partial charge in [0.1, 0.15) is 0 Å². The van der Waals surface area contributed by atoms with Gasteiger partial charge < -0.3 is 0 Å². The molecule has 0 bridgehead atoms. The molecule has 1 aliphatic rings. The molecule has 0 spiro atoms. The number of thioether (sulfide) groups is 2. The van der Waals surface area contributed by atoms with Crippen LogP contribution in [0.3, 0.4) is 0 Å². The van der Waals surface area contributed by atoms with E-state index in [9.17, 15) is 0 Å². The number of hydrazine groups is 1. The molecule has 0 amide bonds. The number of benzene rings is 1. The van der Waals surface area contributed by atoms with Crippen LogP contribution in [-0.4, -0.2) is 27.3 Å². The summed E-state index contributed by atoms with van der Waals surface area (Å²) in [6, 6.07) is 10.6. The summed E-state index contributed by atoms with van der Waals surface area (Å²) in [7, 11) is 0. The summed E-state index contributed by atoms with van der Waals surface area (Å²) < 4.78 is 0. The lowest BCUT2D eigenvalue weighted by molar-refractivity contribution is 0.169. The van der Waals surface area contributed by atoms with Gasteiger partial charge in [-0.3, -0.25) is 0 Å². The third kappa shape index (κ3) is 3.91. The highest BCUT2D eigenvalue weighted by atomic mass is 32.2. The average molecular weight is 268 g/mol. The molecule has 1 heterocycles. The number of hydrogen-bond acceptors (Lipinski definition) is 4. The van der Waals surface area contributed by atoms with Crippen LogP contribution >= 0.6 is 23.5 Å². The first-order valence-electron chi connectivity index (χ1n) is 6.06. The minimum Gasteiger partial charge on any atom is -0.249 e. The molecule has 2 nitrogen and oxygen atoms in total. The zero-order valence-electron chi connectivity index (χ0n) is 10.4. The molecule has 1 aliphatic heterocycles. The van der Waals surface area contributed by atoms with Gasteiger partial charge in [-0.2, -0.15) is 0 Å². The first-order valence-corrected chi connectivity index (χ1v) is 8.16. The van der Waals surface area contributed by atoms with E-state index in [1.165, 1.54) is 17.1 Å². The summed E-state index contributed by atoms with van der Waals surface area (Å²) in [5, 5.41) is 3.47. The highest BCUT2D eigenvalue weighted by Gasteiger charge is 2.23. The lowest BCUT2D eigenvalue weighted by Crippen LogP contribution is -2.46. The fourth-order valence-electron chi connectivity index (χ4n) is 1.93. The van der Waals surface area contributed by atoms with E-state index < -0.39 is 0 Å². The molecule has 1 aromatic carbocycles. The maximum absolute atomic E-state index is 3.57. The molecule has 1 aromatic rings. The van der Waals surface area contributed by atoms with Crippen LogP contribution in [0.15, 0.2) is 30.3 Å². The van der Waals surface area contributed by atoms with Crippen LogP contribution in [-0.2, 0) is 6.54 Å². The van der Waals surface area contributed by atoms with Crippen molar-refractivity contribution >= 4 is 23.5 Å². The number of nitrogens with one attached hydrogen (secondary N) is 1. The van der Waals surface area contributed by atoms with Gasteiger partial charge in [-0.05, 0) is 19.4 Å². The summed E-state index contributed by atoms with van der Waals surface area (Å²) in [5.41, 5.74) is 4.91. The van der Waals surface area contributed by atoms with Crippen molar-refractivity contribution in [3.8, 4) is 0 Å². The molecule has 2 rings (SSSR count). The summed E-state index contributed by atoms with van der Waals surface area (Å²) in [4.78, 5) is 0. The van der Waals surface area contributed by atoms with Crippen molar-refractivity contribution < 1.29 is 0 Å². The summed E-state index contributed by atoms with van der Waals surface area (Å²) >= 11 is 4.06. The molecule has 1 saturated heterocycles. The molecule has 1 N–H and O–H groups in total. The van der Waals surface area contributed by atoms with Crippen LogP contribution in [0, 0.1) is 0 Å². The Labute approximate surface area is 113 Å². The van der Waals surface area contributed by atoms with Gasteiger partial charge in [-0.15, -0.1) is 23.5 Å². The second-order valence-electron chi connectivity index (χ2n) is 4.17. The largest absolute Gasteiger partial charge is 0.249 e. The quantitative estimate of drug-likeness (QED) is 0.905. The summed E-state index contributed by atoms with van der Waals surface area (Å²) in [6.07, 6.45) is 0. The first-order chi connectivity index (χ1) is 8.27. The molecule has 0 saturated carbocycles. The minimum absolute atomic E-state index is 0.545. The molecule has 1 fully saturated rings. The third-order valence-electron chi connectivity index (χ3n) is 2.89. The monoisotopic (exact) mass is 268 g/mol. The van der Waals surface area contributed by atoms with Crippen LogP contribution < -0.4 is 5.43 Å². The van der Waals surface area contributed by atoms with Crippen molar-refractivity contribution in [3.05, 3.63) is 35.9 Å². The molecule has 2 unspecified atom stereocenters. The van der Waals surface area contributed by atoms with E-state index in [1.807, 2.05) is 23.5 Å². The van der Waals surface area contributed by atoms with E-state index in [0.717, 1.165) is 6.54 Å². The normalized spacial score (nSPS) is 26.7. The van der Waals surface area contributed by atoms with Gasteiger partial charge in [-0.25, -0.2) is 10.4 Å². The van der Waals surface area contributed by atoms with E-state index in [0.29, 0.717) is 10.7 Å². The van der Waals surface area contributed by atoms with E-state index >= 15 is 0 Å². The van der Waals surface area contributed by atoms with Gasteiger partial charge in [0, 0.05) is 18.1 Å². The van der Waals surface area contributed by atoms with Crippen molar-refractivity contribution in [2.75, 3.05) is 11.5 Å². The van der Waals surface area contributed by atoms with E-state index in [2.05, 4.69) is 54.6 Å². The lowest BCUT2D eigenvalue weighted by atomic mass is 10.2. The highest BCUT2D eigenvalue weighted by molar-refractivity contribution is 8.04. The van der Waals surface area contributed by atoms with Crippen LogP contribution in [0.2, 0.25) is 0 Å². The highest BCUT2D eigenvalue weighted by Crippen LogP contribution is 2.27. The van der Waals surface area contributed by atoms with E-state index in [4.69, 9.17) is 0 Å². The predicted molar refractivity (Wildman–Crippen MR) is 79.0 cm³/mol. The van der Waals surface area contributed by atoms with Crippen molar-refractivity contribution in [2.24, 2.45) is 0 Å². The van der Waals surface area contributed by atoms with Gasteiger partial charge in [0.05, 0.1) is 10.7 Å². The number of nitrogens with zero attached hydrogens (tertiary/aromatic N) is 1. The molecule has 0 aromatic heterocycles. The van der Waals surface area contributed by atoms with Crippen LogP contribution in [0.25, 0.3) is 0 Å². The molecule has 17 heavy (non-hydrogen) atoms. The zero-order chi connectivity index (χ0) is 12.1. The number of hydrogen-bond donors (Lipinski definition) is 1. The molecule has 4 heteroatoms. The van der Waals surface area contributed by atoms with Gasteiger partial charge in [0.15, 0.2) is 0 Å². The van der Waals surface area contributed by atoms with Gasteiger partial charge in [-0.1, -0.05) is 30.3 Å². The summed E-state index contributed by atoms with van der Waals surface area (Å²) in [5.74, 6) is 2.50. The minimum atomic E-state index is 0.545. The summed E-state index contributed by atoms with van der Waals surface area (Å²) in [6.45, 7) is 5.48. The molecule has 94 valence electrons. The second-order valence-corrected chi connectivity index (χ2v) is 7.02. The Balaban J connectivity index is 1.92. The average Bonchev–Trinajstić information content (AvgIpc) is 2.50. The van der Waals surface area contributed by atoms with E-state index in [1.54, 1.807) is 0 Å². The van der Waals surface area contributed by atoms with Crippen molar-refractivity contribution in [3.63, 3.8) is 0 Å².